The van der Waals surface area contributed by atoms with Gasteiger partial charge in [-0.25, -0.2) is 4.98 Å². The molecule has 2 aliphatic rings. The standard InChI is InChI=1S/C22H24ClN3O5/c23-15-8-16-20(26-21(24-16)31-14-7-17(29)18(9-27)30-10-14)25-19(15)12-1-3-13(4-2-12)22(11-28)5-6-22/h1-4,8,14,17-18,27-29H,5-7,9-11H2,(H,24,25,26)/t14-,17+,18-/m1/s1. The van der Waals surface area contributed by atoms with Gasteiger partial charge in [0.2, 0.25) is 0 Å². The Morgan fingerprint density at radius 2 is 1.97 bits per heavy atom. The molecule has 9 heteroatoms. The van der Waals surface area contributed by atoms with Crippen LogP contribution in [-0.4, -0.2) is 68.4 Å². The molecular formula is C22H24ClN3O5. The number of halogens is 1. The van der Waals surface area contributed by atoms with E-state index in [0.29, 0.717) is 28.3 Å². The number of fused-ring (bicyclic) bond motifs is 1. The number of aromatic amines is 1. The van der Waals surface area contributed by atoms with E-state index in [1.807, 2.05) is 24.3 Å². The number of rotatable bonds is 6. The Morgan fingerprint density at radius 3 is 2.61 bits per heavy atom. The van der Waals surface area contributed by atoms with Crippen LogP contribution < -0.4 is 4.74 Å². The SMILES string of the molecule is OC[C@H]1OC[C@H](Oc2nc3nc(-c4ccc(C5(CO)CC5)cc4)c(Cl)cc3[nH]2)C[C@@H]1O. The van der Waals surface area contributed by atoms with Gasteiger partial charge < -0.3 is 29.8 Å². The van der Waals surface area contributed by atoms with Crippen molar-refractivity contribution in [2.24, 2.45) is 0 Å². The summed E-state index contributed by atoms with van der Waals surface area (Å²) in [5.74, 6) is 0. The summed E-state index contributed by atoms with van der Waals surface area (Å²) >= 11 is 6.49. The molecule has 1 aliphatic heterocycles. The summed E-state index contributed by atoms with van der Waals surface area (Å²) in [6, 6.07) is 10.0. The van der Waals surface area contributed by atoms with Crippen molar-refractivity contribution in [3.63, 3.8) is 0 Å². The first kappa shape index (κ1) is 20.7. The number of hydrogen-bond donors (Lipinski definition) is 4. The minimum absolute atomic E-state index is 0.0816. The third kappa shape index (κ3) is 3.90. The molecule has 3 heterocycles. The second-order valence-corrected chi connectivity index (χ2v) is 8.75. The van der Waals surface area contributed by atoms with Gasteiger partial charge >= 0.3 is 0 Å². The molecule has 3 aromatic rings. The normalized spacial score (nSPS) is 25.0. The molecular weight excluding hydrogens is 422 g/mol. The molecule has 1 aliphatic carbocycles. The number of benzene rings is 1. The van der Waals surface area contributed by atoms with Crippen LogP contribution in [-0.2, 0) is 10.2 Å². The Morgan fingerprint density at radius 1 is 1.19 bits per heavy atom. The lowest BCUT2D eigenvalue weighted by Gasteiger charge is -2.31. The molecule has 8 nitrogen and oxygen atoms in total. The van der Waals surface area contributed by atoms with E-state index in [1.165, 1.54) is 0 Å². The molecule has 164 valence electrons. The third-order valence-electron chi connectivity index (χ3n) is 6.22. The fourth-order valence-electron chi connectivity index (χ4n) is 4.07. The fourth-order valence-corrected chi connectivity index (χ4v) is 4.33. The van der Waals surface area contributed by atoms with Crippen molar-refractivity contribution in [2.45, 2.75) is 43.0 Å². The number of pyridine rings is 1. The maximum atomic E-state index is 10.0. The lowest BCUT2D eigenvalue weighted by molar-refractivity contribution is -0.131. The average molecular weight is 446 g/mol. The monoisotopic (exact) mass is 445 g/mol. The first-order valence-corrected chi connectivity index (χ1v) is 10.7. The van der Waals surface area contributed by atoms with E-state index < -0.39 is 12.2 Å². The van der Waals surface area contributed by atoms with Crippen molar-refractivity contribution in [1.82, 2.24) is 15.0 Å². The summed E-state index contributed by atoms with van der Waals surface area (Å²) in [5, 5.41) is 29.3. The summed E-state index contributed by atoms with van der Waals surface area (Å²) in [6.45, 7) is 0.184. The number of imidazole rings is 1. The van der Waals surface area contributed by atoms with Gasteiger partial charge in [0.1, 0.15) is 12.2 Å². The van der Waals surface area contributed by atoms with Crippen LogP contribution in [0.15, 0.2) is 30.3 Å². The van der Waals surface area contributed by atoms with E-state index in [-0.39, 0.29) is 37.4 Å². The molecule has 5 rings (SSSR count). The van der Waals surface area contributed by atoms with Crippen LogP contribution in [0.4, 0.5) is 0 Å². The smallest absolute Gasteiger partial charge is 0.296 e. The van der Waals surface area contributed by atoms with Gasteiger partial charge in [0.15, 0.2) is 5.65 Å². The highest BCUT2D eigenvalue weighted by Gasteiger charge is 2.43. The molecule has 0 spiro atoms. The molecule has 0 amide bonds. The quantitative estimate of drug-likeness (QED) is 0.459. The van der Waals surface area contributed by atoms with Gasteiger partial charge in [-0.05, 0) is 24.5 Å². The molecule has 0 bridgehead atoms. The van der Waals surface area contributed by atoms with Crippen LogP contribution in [0.3, 0.4) is 0 Å². The molecule has 0 radical (unpaired) electrons. The number of nitrogens with zero attached hydrogens (tertiary/aromatic N) is 2. The zero-order valence-electron chi connectivity index (χ0n) is 16.8. The van der Waals surface area contributed by atoms with E-state index in [9.17, 15) is 15.3 Å². The van der Waals surface area contributed by atoms with Crippen LogP contribution >= 0.6 is 11.6 Å². The van der Waals surface area contributed by atoms with Crippen molar-refractivity contribution in [1.29, 1.82) is 0 Å². The molecule has 4 N–H and O–H groups in total. The number of hydrogen-bond acceptors (Lipinski definition) is 7. The predicted molar refractivity (Wildman–Crippen MR) is 114 cm³/mol. The second-order valence-electron chi connectivity index (χ2n) is 8.34. The second kappa shape index (κ2) is 8.03. The van der Waals surface area contributed by atoms with E-state index >= 15 is 0 Å². The summed E-state index contributed by atoms with van der Waals surface area (Å²) in [5.41, 5.74) is 3.65. The molecule has 0 unspecified atom stereocenters. The van der Waals surface area contributed by atoms with E-state index in [4.69, 9.17) is 21.1 Å². The first-order chi connectivity index (χ1) is 15.0. The predicted octanol–water partition coefficient (Wildman–Crippen LogP) is 2.19. The number of aliphatic hydroxyl groups is 3. The molecule has 2 aromatic heterocycles. The van der Waals surface area contributed by atoms with Crippen LogP contribution in [0.5, 0.6) is 6.01 Å². The summed E-state index contributed by atoms with van der Waals surface area (Å²) in [4.78, 5) is 12.1. The number of aromatic nitrogens is 3. The molecule has 31 heavy (non-hydrogen) atoms. The Kier molecular flexibility index (Phi) is 5.35. The van der Waals surface area contributed by atoms with Crippen molar-refractivity contribution in [3.8, 4) is 17.3 Å². The Balaban J connectivity index is 1.36. The fraction of sp³-hybridized carbons (Fsp3) is 0.455. The summed E-state index contributed by atoms with van der Waals surface area (Å²) in [7, 11) is 0. The number of ether oxygens (including phenoxy) is 2. The van der Waals surface area contributed by atoms with Crippen molar-refractivity contribution in [2.75, 3.05) is 19.8 Å². The number of H-pyrrole nitrogens is 1. The van der Waals surface area contributed by atoms with Crippen LogP contribution in [0.2, 0.25) is 5.02 Å². The first-order valence-electron chi connectivity index (χ1n) is 10.4. The maximum Gasteiger partial charge on any atom is 0.296 e. The van der Waals surface area contributed by atoms with Gasteiger partial charge in [-0.15, -0.1) is 0 Å². The average Bonchev–Trinajstić information content (AvgIpc) is 3.48. The molecule has 1 saturated heterocycles. The molecule has 3 atom stereocenters. The Bertz CT molecular complexity index is 1080. The van der Waals surface area contributed by atoms with Gasteiger partial charge in [-0.2, -0.15) is 4.98 Å². The minimum Gasteiger partial charge on any atom is -0.459 e. The van der Waals surface area contributed by atoms with E-state index in [2.05, 4.69) is 15.0 Å². The minimum atomic E-state index is -0.795. The van der Waals surface area contributed by atoms with Gasteiger partial charge in [0.05, 0.1) is 42.2 Å². The van der Waals surface area contributed by atoms with Crippen LogP contribution in [0, 0.1) is 0 Å². The van der Waals surface area contributed by atoms with E-state index in [1.54, 1.807) is 6.07 Å². The highest BCUT2D eigenvalue weighted by atomic mass is 35.5. The third-order valence-corrected chi connectivity index (χ3v) is 6.51. The summed E-state index contributed by atoms with van der Waals surface area (Å²) in [6.07, 6.45) is 0.583. The highest BCUT2D eigenvalue weighted by Crippen LogP contribution is 2.48. The Labute approximate surface area is 183 Å². The Hall–Kier alpha value is -2.23. The summed E-state index contributed by atoms with van der Waals surface area (Å²) < 4.78 is 11.2. The van der Waals surface area contributed by atoms with Gasteiger partial charge in [0.25, 0.3) is 6.01 Å². The largest absolute Gasteiger partial charge is 0.459 e. The molecule has 1 aromatic carbocycles. The molecule has 2 fully saturated rings. The van der Waals surface area contributed by atoms with E-state index in [0.717, 1.165) is 24.0 Å². The van der Waals surface area contributed by atoms with Crippen LogP contribution in [0.25, 0.3) is 22.4 Å². The van der Waals surface area contributed by atoms with Crippen molar-refractivity contribution in [3.05, 3.63) is 40.9 Å². The lowest BCUT2D eigenvalue weighted by atomic mass is 9.95. The van der Waals surface area contributed by atoms with Gasteiger partial charge in [0, 0.05) is 17.4 Å². The van der Waals surface area contributed by atoms with Gasteiger partial charge in [-0.3, -0.25) is 0 Å². The van der Waals surface area contributed by atoms with Crippen LogP contribution in [0.1, 0.15) is 24.8 Å². The molecule has 1 saturated carbocycles. The van der Waals surface area contributed by atoms with Gasteiger partial charge in [-0.1, -0.05) is 35.9 Å². The zero-order chi connectivity index (χ0) is 21.6. The van der Waals surface area contributed by atoms with Crippen molar-refractivity contribution >= 4 is 22.8 Å². The maximum absolute atomic E-state index is 10.0. The van der Waals surface area contributed by atoms with Crippen molar-refractivity contribution < 1.29 is 24.8 Å². The topological polar surface area (TPSA) is 121 Å². The zero-order valence-corrected chi connectivity index (χ0v) is 17.5. The lowest BCUT2D eigenvalue weighted by Crippen LogP contribution is -2.45. The number of aliphatic hydroxyl groups excluding tert-OH is 3. The highest BCUT2D eigenvalue weighted by molar-refractivity contribution is 6.33. The number of nitrogens with one attached hydrogen (secondary N) is 1.